The van der Waals surface area contributed by atoms with Crippen molar-refractivity contribution in [2.24, 2.45) is 5.92 Å². The number of carbonyl (C=O) groups excluding carboxylic acids is 1. The van der Waals surface area contributed by atoms with Gasteiger partial charge in [-0.15, -0.1) is 0 Å². The summed E-state index contributed by atoms with van der Waals surface area (Å²) in [7, 11) is 0. The highest BCUT2D eigenvalue weighted by Crippen LogP contribution is 2.28. The van der Waals surface area contributed by atoms with Gasteiger partial charge in [0.15, 0.2) is 0 Å². The summed E-state index contributed by atoms with van der Waals surface area (Å²) in [5.41, 5.74) is -0.119. The molecule has 1 heterocycles. The van der Waals surface area contributed by atoms with Crippen LogP contribution in [0.3, 0.4) is 0 Å². The molecular formula is C15H20ClN3O4. The number of halogens is 1. The molecule has 2 unspecified atom stereocenters. The molecule has 8 heteroatoms. The lowest BCUT2D eigenvalue weighted by Crippen LogP contribution is -2.49. The highest BCUT2D eigenvalue weighted by molar-refractivity contribution is 6.31. The lowest BCUT2D eigenvalue weighted by atomic mass is 9.91. The Balaban J connectivity index is 2.06. The quantitative estimate of drug-likeness (QED) is 0.632. The monoisotopic (exact) mass is 341 g/mol. The Morgan fingerprint density at radius 2 is 2.30 bits per heavy atom. The van der Waals surface area contributed by atoms with Gasteiger partial charge in [-0.3, -0.25) is 19.8 Å². The molecule has 0 bridgehead atoms. The van der Waals surface area contributed by atoms with Crippen LogP contribution in [-0.2, 0) is 4.79 Å². The first kappa shape index (κ1) is 17.7. The van der Waals surface area contributed by atoms with Crippen molar-refractivity contribution >= 4 is 28.9 Å². The first-order chi connectivity index (χ1) is 10.9. The van der Waals surface area contributed by atoms with E-state index < -0.39 is 4.92 Å². The zero-order valence-corrected chi connectivity index (χ0v) is 13.6. The number of nitrogens with one attached hydrogen (secondary N) is 1. The van der Waals surface area contributed by atoms with Crippen LogP contribution in [0.5, 0.6) is 0 Å². The number of nitro benzene ring substituents is 1. The highest BCUT2D eigenvalue weighted by Gasteiger charge is 2.29. The fourth-order valence-electron chi connectivity index (χ4n) is 2.96. The van der Waals surface area contributed by atoms with Crippen molar-refractivity contribution in [2.45, 2.75) is 25.8 Å². The molecule has 2 rings (SSSR count). The topological polar surface area (TPSA) is 95.7 Å². The standard InChI is InChI=1S/C15H20ClN3O4/c1-10-3-2-6-18(14(10)9-20)8-15(21)17-12-5-4-11(16)7-13(12)19(22)23/h4-5,7,10,14,20H,2-3,6,8-9H2,1H3,(H,17,21). The van der Waals surface area contributed by atoms with Crippen LogP contribution in [0.4, 0.5) is 11.4 Å². The molecule has 0 saturated carbocycles. The number of likely N-dealkylation sites (tertiary alicyclic amines) is 1. The molecule has 2 N–H and O–H groups in total. The zero-order valence-electron chi connectivity index (χ0n) is 12.9. The fraction of sp³-hybridized carbons (Fsp3) is 0.533. The Hall–Kier alpha value is -1.70. The number of rotatable bonds is 5. The maximum atomic E-state index is 12.2. The third-order valence-corrected chi connectivity index (χ3v) is 4.43. The summed E-state index contributed by atoms with van der Waals surface area (Å²) in [5, 5.41) is 23.3. The minimum Gasteiger partial charge on any atom is -0.395 e. The molecule has 1 saturated heterocycles. The second-order valence-corrected chi connectivity index (χ2v) is 6.24. The summed E-state index contributed by atoms with van der Waals surface area (Å²) in [6.45, 7) is 2.87. The Bertz CT molecular complexity index is 596. The van der Waals surface area contributed by atoms with Crippen molar-refractivity contribution in [2.75, 3.05) is 25.0 Å². The molecule has 1 aromatic rings. The van der Waals surface area contributed by atoms with Gasteiger partial charge in [-0.2, -0.15) is 0 Å². The predicted molar refractivity (Wildman–Crippen MR) is 87.6 cm³/mol. The largest absolute Gasteiger partial charge is 0.395 e. The number of hydrogen-bond acceptors (Lipinski definition) is 5. The Kier molecular flexibility index (Phi) is 5.92. The molecule has 1 aromatic carbocycles. The van der Waals surface area contributed by atoms with Gasteiger partial charge >= 0.3 is 0 Å². The van der Waals surface area contributed by atoms with Crippen LogP contribution in [0, 0.1) is 16.0 Å². The third-order valence-electron chi connectivity index (χ3n) is 4.19. The average Bonchev–Trinajstić information content (AvgIpc) is 2.49. The summed E-state index contributed by atoms with van der Waals surface area (Å²) in [6, 6.07) is 4.05. The van der Waals surface area contributed by atoms with E-state index in [9.17, 15) is 20.0 Å². The Morgan fingerprint density at radius 3 is 2.96 bits per heavy atom. The van der Waals surface area contributed by atoms with Crippen molar-refractivity contribution in [1.82, 2.24) is 4.90 Å². The fourth-order valence-corrected chi connectivity index (χ4v) is 3.13. The van der Waals surface area contributed by atoms with Gasteiger partial charge in [0.25, 0.3) is 5.69 Å². The second kappa shape index (κ2) is 7.72. The summed E-state index contributed by atoms with van der Waals surface area (Å²) in [5.74, 6) is -0.0330. The van der Waals surface area contributed by atoms with Crippen LogP contribution in [0.2, 0.25) is 5.02 Å². The van der Waals surface area contributed by atoms with Gasteiger partial charge in [0.2, 0.25) is 5.91 Å². The number of hydrogen-bond donors (Lipinski definition) is 2. The van der Waals surface area contributed by atoms with Crippen molar-refractivity contribution in [1.29, 1.82) is 0 Å². The lowest BCUT2D eigenvalue weighted by Gasteiger charge is -2.38. The van der Waals surface area contributed by atoms with Crippen LogP contribution in [0.1, 0.15) is 19.8 Å². The predicted octanol–water partition coefficient (Wildman–Crippen LogP) is 2.28. The minimum absolute atomic E-state index is 0.00443. The molecule has 126 valence electrons. The second-order valence-electron chi connectivity index (χ2n) is 5.81. The summed E-state index contributed by atoms with van der Waals surface area (Å²) in [6.07, 6.45) is 1.98. The van der Waals surface area contributed by atoms with Gasteiger partial charge < -0.3 is 10.4 Å². The van der Waals surface area contributed by atoms with E-state index in [1.54, 1.807) is 0 Å². The number of anilines is 1. The first-order valence-corrected chi connectivity index (χ1v) is 7.89. The normalized spacial score (nSPS) is 21.9. The number of nitro groups is 1. The van der Waals surface area contributed by atoms with Crippen molar-refractivity contribution in [3.8, 4) is 0 Å². The minimum atomic E-state index is -0.582. The van der Waals surface area contributed by atoms with E-state index in [4.69, 9.17) is 11.6 Å². The van der Waals surface area contributed by atoms with Gasteiger partial charge in [-0.25, -0.2) is 0 Å². The van der Waals surface area contributed by atoms with Crippen LogP contribution < -0.4 is 5.32 Å². The summed E-state index contributed by atoms with van der Waals surface area (Å²) >= 11 is 5.75. The van der Waals surface area contributed by atoms with E-state index in [-0.39, 0.29) is 41.5 Å². The van der Waals surface area contributed by atoms with E-state index in [1.165, 1.54) is 18.2 Å². The van der Waals surface area contributed by atoms with Gasteiger partial charge in [-0.1, -0.05) is 18.5 Å². The van der Waals surface area contributed by atoms with Gasteiger partial charge in [-0.05, 0) is 37.4 Å². The van der Waals surface area contributed by atoms with E-state index in [0.717, 1.165) is 19.4 Å². The Morgan fingerprint density at radius 1 is 1.57 bits per heavy atom. The molecule has 1 aliphatic heterocycles. The van der Waals surface area contributed by atoms with Gasteiger partial charge in [0, 0.05) is 17.1 Å². The molecule has 0 spiro atoms. The van der Waals surface area contributed by atoms with Gasteiger partial charge in [0.1, 0.15) is 5.69 Å². The molecule has 0 aromatic heterocycles. The molecule has 1 amide bonds. The molecule has 0 aliphatic carbocycles. The Labute approximate surface area is 139 Å². The average molecular weight is 342 g/mol. The maximum absolute atomic E-state index is 12.2. The molecule has 1 fully saturated rings. The SMILES string of the molecule is CC1CCCN(CC(=O)Nc2ccc(Cl)cc2[N+](=O)[O-])C1CO. The lowest BCUT2D eigenvalue weighted by molar-refractivity contribution is -0.383. The van der Waals surface area contributed by atoms with Crippen LogP contribution in [0.15, 0.2) is 18.2 Å². The van der Waals surface area contributed by atoms with Crippen molar-refractivity contribution in [3.63, 3.8) is 0 Å². The molecule has 7 nitrogen and oxygen atoms in total. The third kappa shape index (κ3) is 4.40. The summed E-state index contributed by atoms with van der Waals surface area (Å²) < 4.78 is 0. The molecule has 2 atom stereocenters. The molecule has 1 aliphatic rings. The number of benzene rings is 1. The molecule has 0 radical (unpaired) electrons. The molecular weight excluding hydrogens is 322 g/mol. The number of aliphatic hydroxyl groups excluding tert-OH is 1. The maximum Gasteiger partial charge on any atom is 0.294 e. The van der Waals surface area contributed by atoms with Gasteiger partial charge in [0.05, 0.1) is 18.1 Å². The number of piperidine rings is 1. The number of aliphatic hydroxyl groups is 1. The van der Waals surface area contributed by atoms with E-state index >= 15 is 0 Å². The number of nitrogens with zero attached hydrogens (tertiary/aromatic N) is 2. The van der Waals surface area contributed by atoms with Crippen molar-refractivity contribution < 1.29 is 14.8 Å². The number of carbonyl (C=O) groups is 1. The van der Waals surface area contributed by atoms with Crippen LogP contribution >= 0.6 is 11.6 Å². The van der Waals surface area contributed by atoms with Crippen molar-refractivity contribution in [3.05, 3.63) is 33.3 Å². The number of amides is 1. The van der Waals surface area contributed by atoms with E-state index in [0.29, 0.717) is 5.92 Å². The molecule has 23 heavy (non-hydrogen) atoms. The highest BCUT2D eigenvalue weighted by atomic mass is 35.5. The van der Waals surface area contributed by atoms with Crippen LogP contribution in [0.25, 0.3) is 0 Å². The zero-order chi connectivity index (χ0) is 17.0. The van der Waals surface area contributed by atoms with E-state index in [2.05, 4.69) is 12.2 Å². The first-order valence-electron chi connectivity index (χ1n) is 7.51. The van der Waals surface area contributed by atoms with E-state index in [1.807, 2.05) is 4.90 Å². The van der Waals surface area contributed by atoms with Crippen LogP contribution in [-0.4, -0.2) is 46.6 Å². The summed E-state index contributed by atoms with van der Waals surface area (Å²) in [4.78, 5) is 24.6. The smallest absolute Gasteiger partial charge is 0.294 e.